The van der Waals surface area contributed by atoms with Crippen LogP contribution in [0.4, 0.5) is 10.1 Å². The second-order valence-electron chi connectivity index (χ2n) is 5.51. The highest BCUT2D eigenvalue weighted by molar-refractivity contribution is 6.42. The number of aryl methyl sites for hydroxylation is 1. The Labute approximate surface area is 153 Å². The van der Waals surface area contributed by atoms with E-state index in [2.05, 4.69) is 10.6 Å². The molecule has 0 bridgehead atoms. The summed E-state index contributed by atoms with van der Waals surface area (Å²) in [5, 5.41) is 5.67. The van der Waals surface area contributed by atoms with Gasteiger partial charge in [-0.05, 0) is 36.8 Å². The first-order valence-corrected chi connectivity index (χ1v) is 8.09. The molecule has 0 saturated carbocycles. The summed E-state index contributed by atoms with van der Waals surface area (Å²) in [4.78, 5) is 24.5. The van der Waals surface area contributed by atoms with Crippen LogP contribution in [-0.2, 0) is 9.59 Å². The predicted octanol–water partition coefficient (Wildman–Crippen LogP) is 3.63. The zero-order valence-corrected chi connectivity index (χ0v) is 14.5. The molecule has 1 unspecified atom stereocenters. The van der Waals surface area contributed by atoms with Crippen molar-refractivity contribution in [2.75, 3.05) is 11.9 Å². The van der Waals surface area contributed by atoms with Crippen molar-refractivity contribution >= 4 is 40.7 Å². The Morgan fingerprint density at radius 2 is 2.04 bits per heavy atom. The van der Waals surface area contributed by atoms with Crippen molar-refractivity contribution in [3.8, 4) is 5.75 Å². The van der Waals surface area contributed by atoms with Crippen LogP contribution in [0.5, 0.6) is 5.75 Å². The molecule has 1 aliphatic heterocycles. The molecule has 0 aromatic heterocycles. The molecule has 0 aliphatic carbocycles. The maximum atomic E-state index is 14.4. The Morgan fingerprint density at radius 3 is 2.76 bits per heavy atom. The van der Waals surface area contributed by atoms with Crippen molar-refractivity contribution in [3.63, 3.8) is 0 Å². The van der Waals surface area contributed by atoms with Gasteiger partial charge in [0.25, 0.3) is 11.8 Å². The summed E-state index contributed by atoms with van der Waals surface area (Å²) >= 11 is 11.8. The number of rotatable bonds is 2. The first-order chi connectivity index (χ1) is 11.9. The minimum Gasteiger partial charge on any atom is -0.483 e. The molecule has 5 nitrogen and oxygen atoms in total. The van der Waals surface area contributed by atoms with E-state index >= 15 is 0 Å². The van der Waals surface area contributed by atoms with Gasteiger partial charge in [0.2, 0.25) is 0 Å². The zero-order chi connectivity index (χ0) is 18.1. The van der Waals surface area contributed by atoms with Crippen molar-refractivity contribution in [2.45, 2.75) is 13.0 Å². The molecule has 2 aromatic rings. The maximum Gasteiger partial charge on any atom is 0.258 e. The van der Waals surface area contributed by atoms with Gasteiger partial charge in [-0.2, -0.15) is 0 Å². The summed E-state index contributed by atoms with van der Waals surface area (Å²) < 4.78 is 19.7. The number of fused-ring (bicyclic) bond motifs is 1. The molecule has 2 aromatic carbocycles. The van der Waals surface area contributed by atoms with Crippen LogP contribution in [0.1, 0.15) is 17.2 Å². The molecule has 0 spiro atoms. The Morgan fingerprint density at radius 1 is 1.28 bits per heavy atom. The Kier molecular flexibility index (Phi) is 4.83. The standard InChI is InChI=1S/C17H13Cl2FN2O3/c1-8-2-5-12(20)14-15(22-13(23)7-25-16(8)14)17(24)21-9-3-4-10(18)11(19)6-9/h2-6,15H,7H2,1H3,(H,21,24)(H,22,23). The fourth-order valence-electron chi connectivity index (χ4n) is 2.54. The van der Waals surface area contributed by atoms with Crippen LogP contribution < -0.4 is 15.4 Å². The number of benzene rings is 2. The third kappa shape index (κ3) is 3.55. The molecule has 1 aliphatic rings. The minimum absolute atomic E-state index is 0.0107. The van der Waals surface area contributed by atoms with Gasteiger partial charge in [0.1, 0.15) is 17.6 Å². The molecule has 25 heavy (non-hydrogen) atoms. The maximum absolute atomic E-state index is 14.4. The summed E-state index contributed by atoms with van der Waals surface area (Å²) in [5.41, 5.74) is 0.983. The third-order valence-corrected chi connectivity index (χ3v) is 4.47. The van der Waals surface area contributed by atoms with Crippen LogP contribution >= 0.6 is 23.2 Å². The van der Waals surface area contributed by atoms with E-state index in [1.54, 1.807) is 13.0 Å². The van der Waals surface area contributed by atoms with Gasteiger partial charge in [0.15, 0.2) is 6.61 Å². The molecule has 2 N–H and O–H groups in total. The molecule has 3 rings (SSSR count). The van der Waals surface area contributed by atoms with E-state index in [9.17, 15) is 14.0 Å². The van der Waals surface area contributed by atoms with Gasteiger partial charge in [-0.1, -0.05) is 29.3 Å². The summed E-state index contributed by atoms with van der Waals surface area (Å²) in [6.07, 6.45) is 0. The lowest BCUT2D eigenvalue weighted by Gasteiger charge is -2.19. The van der Waals surface area contributed by atoms with Gasteiger partial charge >= 0.3 is 0 Å². The summed E-state index contributed by atoms with van der Waals surface area (Å²) in [6, 6.07) is 6.05. The molecule has 0 radical (unpaired) electrons. The predicted molar refractivity (Wildman–Crippen MR) is 92.6 cm³/mol. The molecular weight excluding hydrogens is 370 g/mol. The quantitative estimate of drug-likeness (QED) is 0.833. The smallest absolute Gasteiger partial charge is 0.258 e. The number of carbonyl (C=O) groups excluding carboxylic acids is 2. The van der Waals surface area contributed by atoms with E-state index in [-0.39, 0.29) is 22.9 Å². The lowest BCUT2D eigenvalue weighted by Crippen LogP contribution is -2.37. The number of halogens is 3. The lowest BCUT2D eigenvalue weighted by molar-refractivity contribution is -0.127. The van der Waals surface area contributed by atoms with Crippen molar-refractivity contribution < 1.29 is 18.7 Å². The van der Waals surface area contributed by atoms with Crippen molar-refractivity contribution in [2.24, 2.45) is 0 Å². The average Bonchev–Trinajstić information content (AvgIpc) is 2.75. The zero-order valence-electron chi connectivity index (χ0n) is 13.0. The van der Waals surface area contributed by atoms with Gasteiger partial charge in [-0.25, -0.2) is 4.39 Å². The van der Waals surface area contributed by atoms with Crippen LogP contribution in [0.25, 0.3) is 0 Å². The molecule has 0 saturated heterocycles. The number of hydrogen-bond donors (Lipinski definition) is 2. The molecular formula is C17H13Cl2FN2O3. The van der Waals surface area contributed by atoms with Crippen molar-refractivity contribution in [1.82, 2.24) is 5.32 Å². The van der Waals surface area contributed by atoms with E-state index in [1.807, 2.05) is 0 Å². The van der Waals surface area contributed by atoms with Crippen LogP contribution in [0.15, 0.2) is 30.3 Å². The number of carbonyl (C=O) groups is 2. The van der Waals surface area contributed by atoms with E-state index in [4.69, 9.17) is 27.9 Å². The average molecular weight is 383 g/mol. The molecule has 1 heterocycles. The normalized spacial score (nSPS) is 16.3. The Bertz CT molecular complexity index is 873. The van der Waals surface area contributed by atoms with Crippen LogP contribution in [0.2, 0.25) is 10.0 Å². The molecule has 1 atom stereocenters. The Balaban J connectivity index is 1.97. The highest BCUT2D eigenvalue weighted by Gasteiger charge is 2.32. The van der Waals surface area contributed by atoms with Gasteiger partial charge < -0.3 is 15.4 Å². The fourth-order valence-corrected chi connectivity index (χ4v) is 2.84. The van der Waals surface area contributed by atoms with Gasteiger partial charge in [0.05, 0.1) is 15.6 Å². The SMILES string of the molecule is Cc1ccc(F)c2c1OCC(=O)NC2C(=O)Nc1ccc(Cl)c(Cl)c1. The van der Waals surface area contributed by atoms with Crippen LogP contribution in [0, 0.1) is 12.7 Å². The second kappa shape index (κ2) is 6.90. The molecule has 130 valence electrons. The van der Waals surface area contributed by atoms with Crippen molar-refractivity contribution in [3.05, 3.63) is 57.3 Å². The first kappa shape index (κ1) is 17.5. The van der Waals surface area contributed by atoms with Gasteiger partial charge in [0, 0.05) is 5.69 Å². The number of ether oxygens (including phenoxy) is 1. The van der Waals surface area contributed by atoms with Gasteiger partial charge in [-0.3, -0.25) is 9.59 Å². The van der Waals surface area contributed by atoms with E-state index in [0.29, 0.717) is 16.3 Å². The number of nitrogens with one attached hydrogen (secondary N) is 2. The largest absolute Gasteiger partial charge is 0.483 e. The number of anilines is 1. The summed E-state index contributed by atoms with van der Waals surface area (Å²) in [5.74, 6) is -1.60. The minimum atomic E-state index is -1.24. The highest BCUT2D eigenvalue weighted by atomic mass is 35.5. The fraction of sp³-hybridized carbons (Fsp3) is 0.176. The molecule has 2 amide bonds. The number of hydrogen-bond acceptors (Lipinski definition) is 3. The second-order valence-corrected chi connectivity index (χ2v) is 6.33. The Hall–Kier alpha value is -2.31. The van der Waals surface area contributed by atoms with E-state index < -0.39 is 23.7 Å². The van der Waals surface area contributed by atoms with E-state index in [0.717, 1.165) is 0 Å². The van der Waals surface area contributed by atoms with Crippen molar-refractivity contribution in [1.29, 1.82) is 0 Å². The monoisotopic (exact) mass is 382 g/mol. The first-order valence-electron chi connectivity index (χ1n) is 7.34. The molecule has 0 fully saturated rings. The summed E-state index contributed by atoms with van der Waals surface area (Å²) in [6.45, 7) is 1.41. The van der Waals surface area contributed by atoms with Gasteiger partial charge in [-0.15, -0.1) is 0 Å². The third-order valence-electron chi connectivity index (χ3n) is 3.73. The van der Waals surface area contributed by atoms with Crippen LogP contribution in [0.3, 0.4) is 0 Å². The highest BCUT2D eigenvalue weighted by Crippen LogP contribution is 2.34. The van der Waals surface area contributed by atoms with E-state index in [1.165, 1.54) is 24.3 Å². The topological polar surface area (TPSA) is 67.4 Å². The number of amides is 2. The van der Waals surface area contributed by atoms with Crippen LogP contribution in [-0.4, -0.2) is 18.4 Å². The lowest BCUT2D eigenvalue weighted by atomic mass is 10.0. The summed E-state index contributed by atoms with van der Waals surface area (Å²) in [7, 11) is 0. The molecule has 8 heteroatoms.